The van der Waals surface area contributed by atoms with Crippen LogP contribution in [0.4, 0.5) is 4.39 Å². The van der Waals surface area contributed by atoms with Crippen molar-refractivity contribution in [1.82, 2.24) is 49.8 Å². The minimum Gasteiger partial charge on any atom is -0.244 e. The fraction of sp³-hybridized carbons (Fsp3) is 0.0385. The van der Waals surface area contributed by atoms with E-state index in [9.17, 15) is 4.39 Å². The van der Waals surface area contributed by atoms with Crippen molar-refractivity contribution in [3.8, 4) is 113 Å². The lowest BCUT2D eigenvalue weighted by molar-refractivity contribution is 0.629. The van der Waals surface area contributed by atoms with Crippen LogP contribution < -0.4 is 0 Å². The second kappa shape index (κ2) is 41.0. The molecule has 0 saturated heterocycles. The fourth-order valence-electron chi connectivity index (χ4n) is 13.9. The summed E-state index contributed by atoms with van der Waals surface area (Å²) in [5, 5.41) is 0.929. The average molecular weight is 2340 g/mol. The monoisotopic (exact) mass is 2330 g/mol. The molecular formula is C104H65Br10Cl2FN10. The van der Waals surface area contributed by atoms with Crippen LogP contribution in [0.25, 0.3) is 168 Å². The van der Waals surface area contributed by atoms with Crippen LogP contribution >= 0.6 is 183 Å². The quantitative estimate of drug-likeness (QED) is 0.130. The smallest absolute Gasteiger partial charge is 0.125 e. The van der Waals surface area contributed by atoms with Gasteiger partial charge in [-0.05, 0) is 226 Å². The van der Waals surface area contributed by atoms with Crippen molar-refractivity contribution in [2.24, 2.45) is 0 Å². The van der Waals surface area contributed by atoms with Crippen LogP contribution in [0.1, 0.15) is 22.3 Å². The number of halogens is 13. The van der Waals surface area contributed by atoms with Gasteiger partial charge in [-0.15, -0.1) is 0 Å². The van der Waals surface area contributed by atoms with E-state index in [2.05, 4.69) is 290 Å². The van der Waals surface area contributed by atoms with Gasteiger partial charge in [-0.1, -0.05) is 322 Å². The molecule has 622 valence electrons. The van der Waals surface area contributed by atoms with Gasteiger partial charge in [0.05, 0.1) is 122 Å². The topological polar surface area (TPSA) is 129 Å². The SMILES string of the molecule is Cc1cc2nc(-c3ccc(Br)cc3)c(-c3ccc(Br)cc3)nc2cc1C.Cc1ccc2nc(-c3ccc(Br)cc3)c(-c3ccc(Br)cc3)nc2c1.Cc1cccc2nc(-c3ccc(Br)cc3)c(-c3ccc(Br)cc3)nc12.Clc1cc2nc(-c3ccc(Br)cc3)c(-c3ccc(Br)cc3)nc2cc1Cl.Fc1ccc2nc(-c3ccc(Br)cc3)c(-c3ccc(Br)cc3)nc2c1. The Hall–Kier alpha value is -9.69. The van der Waals surface area contributed by atoms with Crippen LogP contribution in [0.2, 0.25) is 10.0 Å². The van der Waals surface area contributed by atoms with E-state index >= 15 is 0 Å². The zero-order chi connectivity index (χ0) is 88.7. The van der Waals surface area contributed by atoms with Crippen molar-refractivity contribution in [3.63, 3.8) is 0 Å². The molecule has 20 aromatic rings. The third-order valence-electron chi connectivity index (χ3n) is 20.5. The molecule has 0 spiro atoms. The first-order valence-electron chi connectivity index (χ1n) is 39.4. The van der Waals surface area contributed by atoms with Crippen molar-refractivity contribution in [3.05, 3.63) is 404 Å². The molecule has 5 heterocycles. The maximum absolute atomic E-state index is 13.6. The lowest BCUT2D eigenvalue weighted by Gasteiger charge is -2.12. The van der Waals surface area contributed by atoms with Gasteiger partial charge >= 0.3 is 0 Å². The number of hydrogen-bond donors (Lipinski definition) is 0. The predicted molar refractivity (Wildman–Crippen MR) is 558 cm³/mol. The van der Waals surface area contributed by atoms with E-state index in [0.717, 1.165) is 196 Å². The van der Waals surface area contributed by atoms with Crippen molar-refractivity contribution in [2.45, 2.75) is 27.7 Å². The second-order valence-corrected chi connectivity index (χ2v) is 39.4. The van der Waals surface area contributed by atoms with Gasteiger partial charge in [-0.25, -0.2) is 54.2 Å². The first kappa shape index (κ1) is 90.7. The minimum absolute atomic E-state index is 0.319. The molecule has 5 aromatic heterocycles. The highest BCUT2D eigenvalue weighted by atomic mass is 79.9. The van der Waals surface area contributed by atoms with E-state index in [1.807, 2.05) is 188 Å². The zero-order valence-corrected chi connectivity index (χ0v) is 84.9. The summed E-state index contributed by atoms with van der Waals surface area (Å²) in [6, 6.07) is 106. The molecule has 0 radical (unpaired) electrons. The third kappa shape index (κ3) is 22.1. The van der Waals surface area contributed by atoms with Crippen molar-refractivity contribution < 1.29 is 4.39 Å². The number of rotatable bonds is 10. The Morgan fingerprint density at radius 1 is 0.189 bits per heavy atom. The lowest BCUT2D eigenvalue weighted by atomic mass is 10.0. The number of aromatic nitrogens is 10. The molecule has 0 bridgehead atoms. The molecule has 0 fully saturated rings. The Balaban J connectivity index is 0.000000117. The van der Waals surface area contributed by atoms with Crippen LogP contribution in [-0.4, -0.2) is 49.8 Å². The summed E-state index contributed by atoms with van der Waals surface area (Å²) in [5.41, 5.74) is 31.6. The van der Waals surface area contributed by atoms with Gasteiger partial charge in [0.2, 0.25) is 0 Å². The van der Waals surface area contributed by atoms with Gasteiger partial charge in [0.15, 0.2) is 0 Å². The standard InChI is InChI=1S/C22H16Br2N2.2C21H14Br2N2.C20H10Br2Cl2N2.C20H11Br2FN2/c1-13-11-19-20(12-14(13)2)26-22(16-5-9-18(24)10-6-16)21(25-19)15-3-7-17(23)8-4-15;1-13-2-11-18-19(12-13)25-21(15-5-9-17(23)10-6-15)20(24-18)14-3-7-16(22)8-4-14;1-13-3-2-4-18-19(13)25-21(15-7-11-17(23)12-8-15)20(24-18)14-5-9-16(22)10-6-14;21-13-5-1-11(2-6-13)19-20(12-3-7-14(22)8-4-12)26-18-10-16(24)15(23)9-17(18)25-19;21-14-5-1-12(2-6-14)19-20(13-3-7-15(22)8-4-13)25-18-11-16(23)9-10-17(18)24-19/h3-12H,1-2H3;2*2-12H,1H3;1-10H;1-11H. The molecule has 15 aromatic carbocycles. The minimum atomic E-state index is -0.319. The third-order valence-corrected chi connectivity index (χ3v) is 26.5. The second-order valence-electron chi connectivity index (χ2n) is 29.4. The number of aryl methyl sites for hydroxylation is 4. The van der Waals surface area contributed by atoms with E-state index in [1.54, 1.807) is 18.2 Å². The van der Waals surface area contributed by atoms with Gasteiger partial charge in [0.1, 0.15) is 5.82 Å². The van der Waals surface area contributed by atoms with Crippen molar-refractivity contribution >= 4 is 238 Å². The molecule has 0 aliphatic rings. The van der Waals surface area contributed by atoms with Crippen LogP contribution in [0, 0.1) is 33.5 Å². The maximum atomic E-state index is 13.6. The van der Waals surface area contributed by atoms with E-state index in [0.29, 0.717) is 32.1 Å². The normalized spacial score (nSPS) is 11.0. The highest BCUT2D eigenvalue weighted by Crippen LogP contribution is 2.41. The van der Waals surface area contributed by atoms with E-state index in [-0.39, 0.29) is 5.82 Å². The van der Waals surface area contributed by atoms with Gasteiger partial charge in [0.25, 0.3) is 0 Å². The summed E-state index contributed by atoms with van der Waals surface area (Å²) >= 11 is 47.2. The molecule has 0 aliphatic carbocycles. The van der Waals surface area contributed by atoms with Crippen LogP contribution in [0.15, 0.2) is 366 Å². The number of benzene rings is 15. The first-order chi connectivity index (χ1) is 61.3. The zero-order valence-electron chi connectivity index (χ0n) is 67.5. The number of para-hydroxylation sites is 1. The average Bonchev–Trinajstić information content (AvgIpc) is 0.785. The van der Waals surface area contributed by atoms with Gasteiger partial charge in [0, 0.05) is 106 Å². The Morgan fingerprint density at radius 2 is 0.394 bits per heavy atom. The van der Waals surface area contributed by atoms with Gasteiger partial charge in [-0.2, -0.15) is 0 Å². The number of nitrogens with zero attached hydrogens (tertiary/aromatic N) is 10. The van der Waals surface area contributed by atoms with Crippen LogP contribution in [-0.2, 0) is 0 Å². The Kier molecular flexibility index (Phi) is 29.2. The summed E-state index contributed by atoms with van der Waals surface area (Å²) in [4.78, 5) is 48.9. The Bertz CT molecular complexity index is 6860. The summed E-state index contributed by atoms with van der Waals surface area (Å²) in [5.74, 6) is -0.319. The lowest BCUT2D eigenvalue weighted by Crippen LogP contribution is -1.97. The maximum Gasteiger partial charge on any atom is 0.125 e. The van der Waals surface area contributed by atoms with Gasteiger partial charge in [-0.3, -0.25) is 0 Å². The number of hydrogen-bond acceptors (Lipinski definition) is 10. The fourth-order valence-corrected chi connectivity index (χ4v) is 16.8. The van der Waals surface area contributed by atoms with Gasteiger partial charge < -0.3 is 0 Å². The summed E-state index contributed by atoms with van der Waals surface area (Å²) in [6.07, 6.45) is 0. The molecule has 0 saturated carbocycles. The molecule has 0 amide bonds. The molecule has 20 rings (SSSR count). The first-order valence-corrected chi connectivity index (χ1v) is 48.1. The van der Waals surface area contributed by atoms with Crippen molar-refractivity contribution in [2.75, 3.05) is 0 Å². The molecule has 0 aliphatic heterocycles. The van der Waals surface area contributed by atoms with Crippen LogP contribution in [0.5, 0.6) is 0 Å². The Morgan fingerprint density at radius 3 is 0.654 bits per heavy atom. The van der Waals surface area contributed by atoms with E-state index < -0.39 is 0 Å². The van der Waals surface area contributed by atoms with Crippen molar-refractivity contribution in [1.29, 1.82) is 0 Å². The molecule has 0 N–H and O–H groups in total. The molecular weight excluding hydrogens is 2280 g/mol. The molecule has 0 unspecified atom stereocenters. The number of fused-ring (bicyclic) bond motifs is 5. The highest BCUT2D eigenvalue weighted by molar-refractivity contribution is 9.12. The molecule has 127 heavy (non-hydrogen) atoms. The summed E-state index contributed by atoms with van der Waals surface area (Å²) < 4.78 is 23.9. The van der Waals surface area contributed by atoms with E-state index in [1.165, 1.54) is 28.8 Å². The molecule has 23 heteroatoms. The van der Waals surface area contributed by atoms with E-state index in [4.69, 9.17) is 73.0 Å². The highest BCUT2D eigenvalue weighted by Gasteiger charge is 2.22. The van der Waals surface area contributed by atoms with Crippen LogP contribution in [0.3, 0.4) is 0 Å². The summed E-state index contributed by atoms with van der Waals surface area (Å²) in [7, 11) is 0. The predicted octanol–water partition coefficient (Wildman–Crippen LogP) is 35.1. The molecule has 10 nitrogen and oxygen atoms in total. The summed E-state index contributed by atoms with van der Waals surface area (Å²) in [6.45, 7) is 8.36. The Labute approximate surface area is 827 Å². The largest absolute Gasteiger partial charge is 0.244 e. The molecule has 0 atom stereocenters.